The van der Waals surface area contributed by atoms with Crippen LogP contribution in [0.25, 0.3) is 0 Å². The van der Waals surface area contributed by atoms with Gasteiger partial charge in [-0.15, -0.1) is 0 Å². The highest BCUT2D eigenvalue weighted by Crippen LogP contribution is 2.05. The van der Waals surface area contributed by atoms with Gasteiger partial charge in [0.05, 0.1) is 6.26 Å². The average molecular weight is 218 g/mol. The summed E-state index contributed by atoms with van der Waals surface area (Å²) in [5.41, 5.74) is 0.698. The third-order valence-corrected chi connectivity index (χ3v) is 2.11. The number of hydrogen-bond donors (Lipinski definition) is 1. The molecular formula is C11H10N2O3. The first-order valence-electron chi connectivity index (χ1n) is 4.83. The molecule has 2 aromatic rings. The first-order valence-corrected chi connectivity index (χ1v) is 4.83. The lowest BCUT2D eigenvalue weighted by molar-refractivity contribution is 0.0683. The molecule has 0 saturated heterocycles. The normalized spacial score (nSPS) is 10.2. The Hall–Kier alpha value is -2.17. The summed E-state index contributed by atoms with van der Waals surface area (Å²) in [7, 11) is 0. The zero-order valence-corrected chi connectivity index (χ0v) is 8.46. The first-order chi connectivity index (χ1) is 7.75. The fourth-order valence-electron chi connectivity index (χ4n) is 1.34. The second kappa shape index (κ2) is 4.57. The van der Waals surface area contributed by atoms with Crippen LogP contribution in [0.5, 0.6) is 0 Å². The molecule has 0 saturated carbocycles. The second-order valence-electron chi connectivity index (χ2n) is 3.26. The number of aryl methyl sites for hydroxylation is 2. The number of nitrogens with zero attached hydrogens (tertiary/aromatic N) is 2. The molecule has 5 nitrogen and oxygen atoms in total. The highest BCUT2D eigenvalue weighted by atomic mass is 16.4. The van der Waals surface area contributed by atoms with Gasteiger partial charge in [-0.25, -0.2) is 14.8 Å². The number of aromatic nitrogens is 2. The number of carboxylic acid groups (broad SMARTS) is 1. The maximum atomic E-state index is 10.6. The standard InChI is InChI=1S/C11H10N2O3/c14-11(15)10-12-6-5-8(13-10)3-4-9-2-1-7-16-9/h1-2,5-7H,3-4H2,(H,14,15). The third kappa shape index (κ3) is 2.44. The number of hydrogen-bond acceptors (Lipinski definition) is 4. The highest BCUT2D eigenvalue weighted by Gasteiger charge is 2.07. The minimum Gasteiger partial charge on any atom is -0.475 e. The van der Waals surface area contributed by atoms with Crippen molar-refractivity contribution in [1.82, 2.24) is 9.97 Å². The predicted molar refractivity (Wildman–Crippen MR) is 55.1 cm³/mol. The van der Waals surface area contributed by atoms with Crippen molar-refractivity contribution < 1.29 is 14.3 Å². The van der Waals surface area contributed by atoms with Crippen LogP contribution in [-0.2, 0) is 12.8 Å². The van der Waals surface area contributed by atoms with Crippen molar-refractivity contribution in [1.29, 1.82) is 0 Å². The van der Waals surface area contributed by atoms with Gasteiger partial charge < -0.3 is 9.52 Å². The van der Waals surface area contributed by atoms with Gasteiger partial charge in [-0.1, -0.05) is 0 Å². The third-order valence-electron chi connectivity index (χ3n) is 2.11. The summed E-state index contributed by atoms with van der Waals surface area (Å²) in [4.78, 5) is 18.2. The molecule has 0 atom stereocenters. The van der Waals surface area contributed by atoms with E-state index >= 15 is 0 Å². The maximum absolute atomic E-state index is 10.6. The SMILES string of the molecule is O=C(O)c1nccc(CCc2ccco2)n1. The lowest BCUT2D eigenvalue weighted by atomic mass is 10.2. The predicted octanol–water partition coefficient (Wildman–Crippen LogP) is 1.55. The molecule has 0 amide bonds. The van der Waals surface area contributed by atoms with E-state index in [1.807, 2.05) is 12.1 Å². The van der Waals surface area contributed by atoms with Crippen molar-refractivity contribution in [2.24, 2.45) is 0 Å². The first kappa shape index (κ1) is 10.4. The van der Waals surface area contributed by atoms with Crippen molar-refractivity contribution in [2.75, 3.05) is 0 Å². The lowest BCUT2D eigenvalue weighted by Crippen LogP contribution is -2.06. The fourth-order valence-corrected chi connectivity index (χ4v) is 1.34. The molecule has 82 valence electrons. The van der Waals surface area contributed by atoms with Crippen molar-refractivity contribution in [2.45, 2.75) is 12.8 Å². The molecule has 0 spiro atoms. The van der Waals surface area contributed by atoms with Crippen molar-refractivity contribution in [3.8, 4) is 0 Å². The van der Waals surface area contributed by atoms with E-state index in [4.69, 9.17) is 9.52 Å². The van der Waals surface area contributed by atoms with Gasteiger partial charge in [0.2, 0.25) is 5.82 Å². The van der Waals surface area contributed by atoms with E-state index in [-0.39, 0.29) is 5.82 Å². The Morgan fingerprint density at radius 2 is 2.25 bits per heavy atom. The molecular weight excluding hydrogens is 208 g/mol. The average Bonchev–Trinajstić information content (AvgIpc) is 2.79. The Morgan fingerprint density at radius 1 is 1.38 bits per heavy atom. The quantitative estimate of drug-likeness (QED) is 0.842. The summed E-state index contributed by atoms with van der Waals surface area (Å²) in [6.07, 6.45) is 4.39. The number of furan rings is 1. The molecule has 0 radical (unpaired) electrons. The molecule has 0 unspecified atom stereocenters. The van der Waals surface area contributed by atoms with Gasteiger partial charge in [0.25, 0.3) is 0 Å². The number of carboxylic acids is 1. The molecule has 0 bridgehead atoms. The molecule has 16 heavy (non-hydrogen) atoms. The summed E-state index contributed by atoms with van der Waals surface area (Å²) in [5.74, 6) is -0.424. The summed E-state index contributed by atoms with van der Waals surface area (Å²) >= 11 is 0. The minimum atomic E-state index is -1.11. The van der Waals surface area contributed by atoms with Gasteiger partial charge >= 0.3 is 5.97 Å². The van der Waals surface area contributed by atoms with Gasteiger partial charge in [0.15, 0.2) is 0 Å². The zero-order chi connectivity index (χ0) is 11.4. The van der Waals surface area contributed by atoms with Crippen LogP contribution in [0.15, 0.2) is 35.1 Å². The van der Waals surface area contributed by atoms with Crippen LogP contribution < -0.4 is 0 Å². The molecule has 1 N–H and O–H groups in total. The fraction of sp³-hybridized carbons (Fsp3) is 0.182. The van der Waals surface area contributed by atoms with E-state index in [0.717, 1.165) is 5.76 Å². The second-order valence-corrected chi connectivity index (χ2v) is 3.26. The van der Waals surface area contributed by atoms with Crippen LogP contribution in [0, 0.1) is 0 Å². The monoisotopic (exact) mass is 218 g/mol. The molecule has 2 heterocycles. The number of rotatable bonds is 4. The molecule has 0 aliphatic heterocycles. The maximum Gasteiger partial charge on any atom is 0.373 e. The Morgan fingerprint density at radius 3 is 2.94 bits per heavy atom. The molecule has 0 aliphatic carbocycles. The van der Waals surface area contributed by atoms with E-state index in [2.05, 4.69) is 9.97 Å². The van der Waals surface area contributed by atoms with Crippen LogP contribution in [0.2, 0.25) is 0 Å². The van der Waals surface area contributed by atoms with Crippen LogP contribution in [-0.4, -0.2) is 21.0 Å². The number of aromatic carboxylic acids is 1. The van der Waals surface area contributed by atoms with E-state index in [9.17, 15) is 4.79 Å². The van der Waals surface area contributed by atoms with E-state index in [1.54, 1.807) is 12.3 Å². The summed E-state index contributed by atoms with van der Waals surface area (Å²) < 4.78 is 5.17. The highest BCUT2D eigenvalue weighted by molar-refractivity contribution is 5.82. The summed E-state index contributed by atoms with van der Waals surface area (Å²) in [6, 6.07) is 5.40. The topological polar surface area (TPSA) is 76.2 Å². The van der Waals surface area contributed by atoms with Crippen LogP contribution >= 0.6 is 0 Å². The molecule has 2 aromatic heterocycles. The zero-order valence-electron chi connectivity index (χ0n) is 8.46. The van der Waals surface area contributed by atoms with Gasteiger partial charge in [-0.2, -0.15) is 0 Å². The van der Waals surface area contributed by atoms with Crippen LogP contribution in [0.3, 0.4) is 0 Å². The Kier molecular flexibility index (Phi) is 2.95. The van der Waals surface area contributed by atoms with Gasteiger partial charge in [-0.05, 0) is 24.6 Å². The summed E-state index contributed by atoms with van der Waals surface area (Å²) in [6.45, 7) is 0. The molecule has 0 aromatic carbocycles. The Balaban J connectivity index is 2.04. The van der Waals surface area contributed by atoms with Crippen LogP contribution in [0.1, 0.15) is 22.1 Å². The van der Waals surface area contributed by atoms with Crippen LogP contribution in [0.4, 0.5) is 0 Å². The van der Waals surface area contributed by atoms with Crippen molar-refractivity contribution in [3.63, 3.8) is 0 Å². The molecule has 0 fully saturated rings. The lowest BCUT2D eigenvalue weighted by Gasteiger charge is -1.99. The van der Waals surface area contributed by atoms with Gasteiger partial charge in [-0.3, -0.25) is 0 Å². The van der Waals surface area contributed by atoms with Crippen molar-refractivity contribution in [3.05, 3.63) is 47.9 Å². The summed E-state index contributed by atoms with van der Waals surface area (Å²) in [5, 5.41) is 8.72. The molecule has 0 aliphatic rings. The van der Waals surface area contributed by atoms with E-state index in [1.165, 1.54) is 6.20 Å². The Bertz CT molecular complexity index is 480. The smallest absolute Gasteiger partial charge is 0.373 e. The van der Waals surface area contributed by atoms with Gasteiger partial charge in [0, 0.05) is 18.3 Å². The van der Waals surface area contributed by atoms with E-state index in [0.29, 0.717) is 18.5 Å². The molecule has 2 rings (SSSR count). The Labute approximate surface area is 91.8 Å². The molecule has 5 heteroatoms. The van der Waals surface area contributed by atoms with Gasteiger partial charge in [0.1, 0.15) is 5.76 Å². The van der Waals surface area contributed by atoms with Crippen molar-refractivity contribution >= 4 is 5.97 Å². The largest absolute Gasteiger partial charge is 0.475 e. The minimum absolute atomic E-state index is 0.169. The number of carbonyl (C=O) groups is 1. The van der Waals surface area contributed by atoms with E-state index < -0.39 is 5.97 Å².